The molecule has 0 aromatic heterocycles. The van der Waals surface area contributed by atoms with Crippen molar-refractivity contribution in [2.24, 2.45) is 11.8 Å². The van der Waals surface area contributed by atoms with Crippen LogP contribution >= 0.6 is 0 Å². The minimum absolute atomic E-state index is 0.185. The summed E-state index contributed by atoms with van der Waals surface area (Å²) >= 11 is 0. The molecule has 0 radical (unpaired) electrons. The first-order chi connectivity index (χ1) is 7.33. The van der Waals surface area contributed by atoms with Crippen molar-refractivity contribution in [1.29, 1.82) is 0 Å². The second-order valence-electron chi connectivity index (χ2n) is 4.15. The maximum absolute atomic E-state index is 10.4. The maximum Gasteiger partial charge on any atom is 0.397 e. The zero-order valence-electron chi connectivity index (χ0n) is 9.62. The van der Waals surface area contributed by atoms with Gasteiger partial charge >= 0.3 is 10.4 Å². The summed E-state index contributed by atoms with van der Waals surface area (Å²) in [6, 6.07) is 0. The molecule has 0 aliphatic carbocycles. The Balaban J connectivity index is 2.51. The normalized spacial score (nSPS) is 36.2. The van der Waals surface area contributed by atoms with Crippen LogP contribution in [0.3, 0.4) is 0 Å². The first-order valence-electron chi connectivity index (χ1n) is 5.13. The van der Waals surface area contributed by atoms with Gasteiger partial charge in [-0.25, -0.2) is 4.18 Å². The summed E-state index contributed by atoms with van der Waals surface area (Å²) in [6.07, 6.45) is -0.0619. The first kappa shape index (κ1) is 13.9. The highest BCUT2D eigenvalue weighted by Crippen LogP contribution is 2.30. The van der Waals surface area contributed by atoms with Gasteiger partial charge in [0.25, 0.3) is 0 Å². The average molecular weight is 254 g/mol. The first-order valence-corrected chi connectivity index (χ1v) is 6.50. The molecular formula is C9H18O6S. The number of ether oxygens (including phenoxy) is 2. The van der Waals surface area contributed by atoms with Crippen molar-refractivity contribution in [2.45, 2.75) is 32.7 Å². The van der Waals surface area contributed by atoms with E-state index in [0.29, 0.717) is 12.3 Å². The van der Waals surface area contributed by atoms with Crippen LogP contribution in [0.1, 0.15) is 20.3 Å². The molecule has 4 atom stereocenters. The summed E-state index contributed by atoms with van der Waals surface area (Å²) in [5.41, 5.74) is 0. The lowest BCUT2D eigenvalue weighted by molar-refractivity contribution is -0.224. The SMILES string of the molecule is CO[C@H]1OC(COS(=O)(=O)O)CC(C)C1C. The summed E-state index contributed by atoms with van der Waals surface area (Å²) in [5, 5.41) is 0. The molecule has 1 saturated heterocycles. The quantitative estimate of drug-likeness (QED) is 0.749. The van der Waals surface area contributed by atoms with E-state index in [1.807, 2.05) is 13.8 Å². The van der Waals surface area contributed by atoms with Crippen LogP contribution in [0.25, 0.3) is 0 Å². The number of methoxy groups -OCH3 is 1. The predicted octanol–water partition coefficient (Wildman–Crippen LogP) is 0.839. The van der Waals surface area contributed by atoms with Gasteiger partial charge in [-0.1, -0.05) is 13.8 Å². The Bertz CT molecular complexity index is 314. The Kier molecular flexibility index (Phi) is 4.69. The molecule has 1 heterocycles. The van der Waals surface area contributed by atoms with E-state index in [4.69, 9.17) is 14.0 Å². The molecule has 16 heavy (non-hydrogen) atoms. The Morgan fingerprint density at radius 3 is 2.56 bits per heavy atom. The molecule has 1 aliphatic heterocycles. The standard InChI is InChI=1S/C9H18O6S/c1-6-4-8(5-14-16(10,11)12)15-9(13-3)7(6)2/h6-9H,4-5H2,1-3H3,(H,10,11,12)/t6?,7?,8?,9-/m0/s1. The third kappa shape index (κ3) is 3.99. The fourth-order valence-electron chi connectivity index (χ4n) is 1.81. The molecule has 1 rings (SSSR count). The van der Waals surface area contributed by atoms with E-state index in [-0.39, 0.29) is 24.9 Å². The zero-order chi connectivity index (χ0) is 12.3. The average Bonchev–Trinajstić information content (AvgIpc) is 2.18. The van der Waals surface area contributed by atoms with Gasteiger partial charge in [-0.05, 0) is 12.3 Å². The van der Waals surface area contributed by atoms with E-state index in [1.54, 1.807) is 7.11 Å². The third-order valence-electron chi connectivity index (χ3n) is 2.92. The minimum atomic E-state index is -4.40. The Hall–Kier alpha value is -0.210. The van der Waals surface area contributed by atoms with Gasteiger partial charge < -0.3 is 9.47 Å². The van der Waals surface area contributed by atoms with E-state index < -0.39 is 10.4 Å². The van der Waals surface area contributed by atoms with Crippen LogP contribution in [-0.4, -0.2) is 39.1 Å². The van der Waals surface area contributed by atoms with E-state index in [1.165, 1.54) is 0 Å². The summed E-state index contributed by atoms with van der Waals surface area (Å²) < 4.78 is 44.2. The fourth-order valence-corrected chi connectivity index (χ4v) is 2.13. The number of hydrogen-bond donors (Lipinski definition) is 1. The minimum Gasteiger partial charge on any atom is -0.356 e. The third-order valence-corrected chi connectivity index (χ3v) is 3.36. The highest BCUT2D eigenvalue weighted by atomic mass is 32.3. The van der Waals surface area contributed by atoms with Gasteiger partial charge in [0.05, 0.1) is 12.7 Å². The van der Waals surface area contributed by atoms with Crippen LogP contribution in [0.15, 0.2) is 0 Å². The molecule has 1 fully saturated rings. The lowest BCUT2D eigenvalue weighted by atomic mass is 9.87. The molecule has 1 aliphatic rings. The maximum atomic E-state index is 10.4. The molecule has 0 bridgehead atoms. The van der Waals surface area contributed by atoms with Crippen LogP contribution < -0.4 is 0 Å². The second-order valence-corrected chi connectivity index (χ2v) is 5.24. The van der Waals surface area contributed by atoms with Crippen molar-refractivity contribution in [3.8, 4) is 0 Å². The van der Waals surface area contributed by atoms with Crippen molar-refractivity contribution >= 4 is 10.4 Å². The lowest BCUT2D eigenvalue weighted by Crippen LogP contribution is -2.42. The number of rotatable bonds is 4. The van der Waals surface area contributed by atoms with Crippen LogP contribution in [0.5, 0.6) is 0 Å². The van der Waals surface area contributed by atoms with E-state index in [0.717, 1.165) is 0 Å². The van der Waals surface area contributed by atoms with E-state index in [9.17, 15) is 8.42 Å². The molecule has 96 valence electrons. The van der Waals surface area contributed by atoms with Gasteiger partial charge in [0, 0.05) is 13.0 Å². The highest BCUT2D eigenvalue weighted by Gasteiger charge is 2.34. The molecule has 7 heteroatoms. The van der Waals surface area contributed by atoms with Gasteiger partial charge in [-0.2, -0.15) is 8.42 Å². The summed E-state index contributed by atoms with van der Waals surface area (Å²) in [6.45, 7) is 3.87. The van der Waals surface area contributed by atoms with Crippen molar-refractivity contribution in [1.82, 2.24) is 0 Å². The molecule has 0 aromatic rings. The van der Waals surface area contributed by atoms with Crippen molar-refractivity contribution in [2.75, 3.05) is 13.7 Å². The second kappa shape index (κ2) is 5.42. The monoisotopic (exact) mass is 254 g/mol. The Morgan fingerprint density at radius 2 is 2.06 bits per heavy atom. The molecule has 0 aromatic carbocycles. The summed E-state index contributed by atoms with van der Waals surface area (Å²) in [5.74, 6) is 0.584. The molecule has 1 N–H and O–H groups in total. The topological polar surface area (TPSA) is 82.1 Å². The van der Waals surface area contributed by atoms with Crippen LogP contribution in [0.2, 0.25) is 0 Å². The van der Waals surface area contributed by atoms with Gasteiger partial charge in [0.1, 0.15) is 0 Å². The van der Waals surface area contributed by atoms with Gasteiger partial charge in [-0.3, -0.25) is 4.55 Å². The van der Waals surface area contributed by atoms with Crippen LogP contribution in [0, 0.1) is 11.8 Å². The molecule has 6 nitrogen and oxygen atoms in total. The molecule has 3 unspecified atom stereocenters. The van der Waals surface area contributed by atoms with Crippen LogP contribution in [0.4, 0.5) is 0 Å². The summed E-state index contributed by atoms with van der Waals surface area (Å²) in [7, 11) is -2.86. The Morgan fingerprint density at radius 1 is 1.44 bits per heavy atom. The predicted molar refractivity (Wildman–Crippen MR) is 56.1 cm³/mol. The molecule has 0 spiro atoms. The van der Waals surface area contributed by atoms with Gasteiger partial charge in [0.2, 0.25) is 0 Å². The zero-order valence-corrected chi connectivity index (χ0v) is 10.4. The molecule has 0 amide bonds. The van der Waals surface area contributed by atoms with Crippen LogP contribution in [-0.2, 0) is 24.1 Å². The summed E-state index contributed by atoms with van der Waals surface area (Å²) in [4.78, 5) is 0. The van der Waals surface area contributed by atoms with Crippen molar-refractivity contribution < 1.29 is 26.6 Å². The van der Waals surface area contributed by atoms with Crippen molar-refractivity contribution in [3.05, 3.63) is 0 Å². The number of hydrogen-bond acceptors (Lipinski definition) is 5. The fraction of sp³-hybridized carbons (Fsp3) is 1.00. The van der Waals surface area contributed by atoms with Crippen molar-refractivity contribution in [3.63, 3.8) is 0 Å². The smallest absolute Gasteiger partial charge is 0.356 e. The molecule has 0 saturated carbocycles. The van der Waals surface area contributed by atoms with Gasteiger partial charge in [-0.15, -0.1) is 0 Å². The van der Waals surface area contributed by atoms with E-state index in [2.05, 4.69) is 4.18 Å². The largest absolute Gasteiger partial charge is 0.397 e. The Labute approximate surface area is 95.8 Å². The van der Waals surface area contributed by atoms with E-state index >= 15 is 0 Å². The highest BCUT2D eigenvalue weighted by molar-refractivity contribution is 7.80. The van der Waals surface area contributed by atoms with Gasteiger partial charge in [0.15, 0.2) is 6.29 Å². The molecular weight excluding hydrogens is 236 g/mol. The lowest BCUT2D eigenvalue weighted by Gasteiger charge is -2.37.